The van der Waals surface area contributed by atoms with Crippen LogP contribution in [0.15, 0.2) is 22.8 Å². The van der Waals surface area contributed by atoms with Crippen LogP contribution in [0.3, 0.4) is 0 Å². The van der Waals surface area contributed by atoms with Gasteiger partial charge in [-0.15, -0.1) is 0 Å². The van der Waals surface area contributed by atoms with Gasteiger partial charge in [-0.2, -0.15) is 0 Å². The van der Waals surface area contributed by atoms with Gasteiger partial charge in [-0.3, -0.25) is 10.1 Å². The number of furan rings is 1. The lowest BCUT2D eigenvalue weighted by molar-refractivity contribution is -0.116. The van der Waals surface area contributed by atoms with Crippen LogP contribution in [0.5, 0.6) is 0 Å². The van der Waals surface area contributed by atoms with Crippen LogP contribution in [0.1, 0.15) is 19.1 Å². The molecule has 82 valence electrons. The summed E-state index contributed by atoms with van der Waals surface area (Å²) in [5.41, 5.74) is -0.127. The zero-order valence-electron chi connectivity index (χ0n) is 8.73. The first-order chi connectivity index (χ1) is 7.22. The Morgan fingerprint density at radius 3 is 3.20 bits per heavy atom. The fourth-order valence-electron chi connectivity index (χ4n) is 1.77. The molecule has 1 fully saturated rings. The van der Waals surface area contributed by atoms with Gasteiger partial charge < -0.3 is 9.15 Å². The molecule has 0 radical (unpaired) electrons. The van der Waals surface area contributed by atoms with E-state index in [2.05, 4.69) is 12.2 Å². The fourth-order valence-corrected chi connectivity index (χ4v) is 1.77. The van der Waals surface area contributed by atoms with Gasteiger partial charge in [0.05, 0.1) is 12.9 Å². The van der Waals surface area contributed by atoms with Crippen molar-refractivity contribution in [3.8, 4) is 0 Å². The maximum atomic E-state index is 10.5. The highest BCUT2D eigenvalue weighted by atomic mass is 16.5. The molecule has 2 rings (SSSR count). The molecule has 15 heavy (non-hydrogen) atoms. The number of aldehydes is 1. The quantitative estimate of drug-likeness (QED) is 0.755. The highest BCUT2D eigenvalue weighted by Crippen LogP contribution is 2.20. The minimum absolute atomic E-state index is 0.127. The number of hydrogen-bond donors (Lipinski definition) is 1. The second-order valence-electron chi connectivity index (χ2n) is 4.15. The summed E-state index contributed by atoms with van der Waals surface area (Å²) >= 11 is 0. The lowest BCUT2D eigenvalue weighted by Gasteiger charge is -2.21. The normalized spacial score (nSPS) is 30.6. The Labute approximate surface area is 88.6 Å². The van der Waals surface area contributed by atoms with Crippen molar-refractivity contribution in [1.29, 1.82) is 0 Å². The van der Waals surface area contributed by atoms with Gasteiger partial charge in [-0.1, -0.05) is 0 Å². The number of hydrogen-bond acceptors (Lipinski definition) is 4. The third-order valence-electron chi connectivity index (χ3n) is 2.70. The smallest absolute Gasteiger partial charge is 0.165 e. The molecule has 1 aliphatic heterocycles. The third kappa shape index (κ3) is 2.46. The van der Waals surface area contributed by atoms with Gasteiger partial charge in [0.1, 0.15) is 5.76 Å². The van der Waals surface area contributed by atoms with E-state index in [0.29, 0.717) is 6.61 Å². The topological polar surface area (TPSA) is 51.5 Å². The Kier molecular flexibility index (Phi) is 2.88. The summed E-state index contributed by atoms with van der Waals surface area (Å²) < 4.78 is 10.5. The van der Waals surface area contributed by atoms with Crippen molar-refractivity contribution in [2.45, 2.75) is 31.5 Å². The summed E-state index contributed by atoms with van der Waals surface area (Å²) in [6, 6.07) is 3.83. The van der Waals surface area contributed by atoms with E-state index in [1.807, 2.05) is 12.1 Å². The first kappa shape index (κ1) is 10.4. The van der Waals surface area contributed by atoms with Crippen molar-refractivity contribution in [3.05, 3.63) is 24.2 Å². The second-order valence-corrected chi connectivity index (χ2v) is 4.15. The van der Waals surface area contributed by atoms with Crippen LogP contribution in [-0.4, -0.2) is 24.7 Å². The molecule has 0 amide bonds. The standard InChI is InChI=1S/C11H15NO3/c1-11(8-15-10(7-13)12-11)5-4-9-3-2-6-14-9/h2-3,6-7,10,12H,4-5,8H2,1H3. The van der Waals surface area contributed by atoms with E-state index in [4.69, 9.17) is 9.15 Å². The predicted octanol–water partition coefficient (Wildman–Crippen LogP) is 1.12. The predicted molar refractivity (Wildman–Crippen MR) is 54.4 cm³/mol. The first-order valence-electron chi connectivity index (χ1n) is 5.09. The zero-order chi connectivity index (χ0) is 10.7. The van der Waals surface area contributed by atoms with Gasteiger partial charge in [0, 0.05) is 12.0 Å². The Balaban J connectivity index is 1.86. The molecule has 0 spiro atoms. The van der Waals surface area contributed by atoms with Gasteiger partial charge in [0.15, 0.2) is 12.5 Å². The Morgan fingerprint density at radius 2 is 2.60 bits per heavy atom. The van der Waals surface area contributed by atoms with E-state index in [-0.39, 0.29) is 5.54 Å². The molecule has 0 bridgehead atoms. The van der Waals surface area contributed by atoms with Crippen LogP contribution in [-0.2, 0) is 16.0 Å². The van der Waals surface area contributed by atoms with Crippen LogP contribution in [0.2, 0.25) is 0 Å². The minimum Gasteiger partial charge on any atom is -0.469 e. The molecule has 2 atom stereocenters. The molecule has 0 aromatic carbocycles. The molecule has 1 N–H and O–H groups in total. The van der Waals surface area contributed by atoms with Crippen LogP contribution < -0.4 is 5.32 Å². The van der Waals surface area contributed by atoms with E-state index in [1.165, 1.54) is 0 Å². The van der Waals surface area contributed by atoms with Crippen molar-refractivity contribution in [3.63, 3.8) is 0 Å². The number of carbonyl (C=O) groups is 1. The van der Waals surface area contributed by atoms with Crippen molar-refractivity contribution in [2.75, 3.05) is 6.61 Å². The van der Waals surface area contributed by atoms with E-state index >= 15 is 0 Å². The van der Waals surface area contributed by atoms with E-state index < -0.39 is 6.23 Å². The maximum absolute atomic E-state index is 10.5. The van der Waals surface area contributed by atoms with Crippen LogP contribution in [0.4, 0.5) is 0 Å². The molecule has 1 aliphatic rings. The van der Waals surface area contributed by atoms with Gasteiger partial charge >= 0.3 is 0 Å². The molecule has 2 heterocycles. The Hall–Kier alpha value is -1.13. The van der Waals surface area contributed by atoms with Gasteiger partial charge in [-0.25, -0.2) is 0 Å². The molecule has 4 heteroatoms. The number of ether oxygens (including phenoxy) is 1. The first-order valence-corrected chi connectivity index (χ1v) is 5.09. The van der Waals surface area contributed by atoms with Gasteiger partial charge in [-0.05, 0) is 25.5 Å². The highest BCUT2D eigenvalue weighted by molar-refractivity contribution is 5.56. The molecular weight excluding hydrogens is 194 g/mol. The van der Waals surface area contributed by atoms with E-state index in [1.54, 1.807) is 6.26 Å². The largest absolute Gasteiger partial charge is 0.469 e. The molecule has 2 unspecified atom stereocenters. The second kappa shape index (κ2) is 4.16. The molecule has 0 saturated carbocycles. The van der Waals surface area contributed by atoms with Crippen molar-refractivity contribution in [2.24, 2.45) is 0 Å². The SMILES string of the molecule is CC1(CCc2ccco2)COC(C=O)N1. The number of rotatable bonds is 4. The molecule has 0 aliphatic carbocycles. The number of aryl methyl sites for hydroxylation is 1. The van der Waals surface area contributed by atoms with Crippen molar-refractivity contribution < 1.29 is 13.9 Å². The third-order valence-corrected chi connectivity index (χ3v) is 2.70. The fraction of sp³-hybridized carbons (Fsp3) is 0.545. The van der Waals surface area contributed by atoms with Gasteiger partial charge in [0.25, 0.3) is 0 Å². The summed E-state index contributed by atoms with van der Waals surface area (Å²) in [5.74, 6) is 0.965. The highest BCUT2D eigenvalue weighted by Gasteiger charge is 2.34. The van der Waals surface area contributed by atoms with Crippen molar-refractivity contribution >= 4 is 6.29 Å². The summed E-state index contributed by atoms with van der Waals surface area (Å²) in [5, 5.41) is 3.15. The summed E-state index contributed by atoms with van der Waals surface area (Å²) in [4.78, 5) is 10.5. The molecule has 1 aromatic heterocycles. The summed E-state index contributed by atoms with van der Waals surface area (Å²) in [6.07, 6.45) is 3.76. The van der Waals surface area contributed by atoms with Crippen LogP contribution >= 0.6 is 0 Å². The Bertz CT molecular complexity index is 323. The van der Waals surface area contributed by atoms with E-state index in [0.717, 1.165) is 24.9 Å². The average molecular weight is 209 g/mol. The Morgan fingerprint density at radius 1 is 1.73 bits per heavy atom. The minimum atomic E-state index is -0.452. The molecule has 4 nitrogen and oxygen atoms in total. The zero-order valence-corrected chi connectivity index (χ0v) is 8.73. The molecule has 1 aromatic rings. The van der Waals surface area contributed by atoms with Crippen molar-refractivity contribution in [1.82, 2.24) is 5.32 Å². The number of nitrogens with one attached hydrogen (secondary N) is 1. The lowest BCUT2D eigenvalue weighted by Crippen LogP contribution is -2.42. The number of carbonyl (C=O) groups excluding carboxylic acids is 1. The van der Waals surface area contributed by atoms with Crippen LogP contribution in [0, 0.1) is 0 Å². The van der Waals surface area contributed by atoms with E-state index in [9.17, 15) is 4.79 Å². The van der Waals surface area contributed by atoms with Gasteiger partial charge in [0.2, 0.25) is 0 Å². The maximum Gasteiger partial charge on any atom is 0.165 e. The molecule has 1 saturated heterocycles. The summed E-state index contributed by atoms with van der Waals surface area (Å²) in [6.45, 7) is 2.62. The molecular formula is C11H15NO3. The van der Waals surface area contributed by atoms with Crippen LogP contribution in [0.25, 0.3) is 0 Å². The summed E-state index contributed by atoms with van der Waals surface area (Å²) in [7, 11) is 0. The average Bonchev–Trinajstić information content (AvgIpc) is 2.84. The monoisotopic (exact) mass is 209 g/mol. The lowest BCUT2D eigenvalue weighted by atomic mass is 9.97.